The number of nitrogens with zero attached hydrogens (tertiary/aromatic N) is 3. The minimum absolute atomic E-state index is 0.0258. The first-order chi connectivity index (χ1) is 8.56. The van der Waals surface area contributed by atoms with Crippen LogP contribution >= 0.6 is 15.9 Å². The molecule has 0 aliphatic carbocycles. The Morgan fingerprint density at radius 2 is 2.39 bits per heavy atom. The van der Waals surface area contributed by atoms with Crippen LogP contribution in [0.1, 0.15) is 11.6 Å². The zero-order valence-corrected chi connectivity index (χ0v) is 10.8. The molecule has 0 spiro atoms. The average molecular weight is 317 g/mol. The van der Waals surface area contributed by atoms with Crippen LogP contribution in [0.15, 0.2) is 27.8 Å². The van der Waals surface area contributed by atoms with Crippen molar-refractivity contribution in [1.29, 1.82) is 0 Å². The van der Waals surface area contributed by atoms with Crippen LogP contribution in [0.4, 0.5) is 4.39 Å². The summed E-state index contributed by atoms with van der Waals surface area (Å²) >= 11 is 3.15. The molecule has 0 saturated heterocycles. The predicted octanol–water partition coefficient (Wildman–Crippen LogP) is 2.61. The molecule has 0 heterocycles. The number of carbonyl (C=O) groups is 1. The Bertz CT molecular complexity index is 491. The largest absolute Gasteiger partial charge is 0.480 e. The molecule has 6 nitrogen and oxygen atoms in total. The normalized spacial score (nSPS) is 11.7. The van der Waals surface area contributed by atoms with E-state index in [1.807, 2.05) is 0 Å². The molecule has 96 valence electrons. The maximum atomic E-state index is 13.5. The number of carboxylic acids is 1. The highest BCUT2D eigenvalue weighted by molar-refractivity contribution is 9.10. The molecule has 0 amide bonds. The van der Waals surface area contributed by atoms with Gasteiger partial charge in [0.1, 0.15) is 11.9 Å². The smallest absolute Gasteiger partial charge is 0.325 e. The predicted molar refractivity (Wildman–Crippen MR) is 66.5 cm³/mol. The Morgan fingerprint density at radius 3 is 3.00 bits per heavy atom. The minimum Gasteiger partial charge on any atom is -0.480 e. The van der Waals surface area contributed by atoms with Crippen LogP contribution in [0.5, 0.6) is 0 Å². The molecule has 0 radical (unpaired) electrons. The molecule has 1 aromatic carbocycles. The number of carboxylic acid groups (broad SMARTS) is 1. The number of hydrogen-bond acceptors (Lipinski definition) is 3. The second kappa shape index (κ2) is 6.95. The van der Waals surface area contributed by atoms with E-state index in [0.29, 0.717) is 4.47 Å². The Hall–Kier alpha value is -1.63. The van der Waals surface area contributed by atoms with Gasteiger partial charge in [-0.2, -0.15) is 0 Å². The van der Waals surface area contributed by atoms with Crippen LogP contribution in [0.3, 0.4) is 0 Å². The molecular formula is C10H10BrFN4O2. The number of halogens is 2. The summed E-state index contributed by atoms with van der Waals surface area (Å²) in [6.07, 6.45) is 0. The van der Waals surface area contributed by atoms with Gasteiger partial charge < -0.3 is 10.4 Å². The second-order valence-electron chi connectivity index (χ2n) is 3.35. The third-order valence-electron chi connectivity index (χ3n) is 2.14. The van der Waals surface area contributed by atoms with E-state index in [2.05, 4.69) is 31.3 Å². The summed E-state index contributed by atoms with van der Waals surface area (Å²) in [6.45, 7) is 0.239. The zero-order chi connectivity index (χ0) is 13.5. The van der Waals surface area contributed by atoms with Crippen molar-refractivity contribution in [1.82, 2.24) is 5.32 Å². The van der Waals surface area contributed by atoms with Crippen LogP contribution in [0.25, 0.3) is 10.4 Å². The van der Waals surface area contributed by atoms with Crippen molar-refractivity contribution in [3.63, 3.8) is 0 Å². The number of benzene rings is 1. The molecule has 0 saturated carbocycles. The van der Waals surface area contributed by atoms with Crippen LogP contribution in [0, 0.1) is 5.82 Å². The van der Waals surface area contributed by atoms with Crippen molar-refractivity contribution < 1.29 is 14.3 Å². The van der Waals surface area contributed by atoms with Crippen molar-refractivity contribution >= 4 is 21.9 Å². The Kier molecular flexibility index (Phi) is 5.57. The summed E-state index contributed by atoms with van der Waals surface area (Å²) in [5, 5.41) is 14.9. The number of nitrogens with one attached hydrogen (secondary N) is 1. The van der Waals surface area contributed by atoms with Gasteiger partial charge in [0.15, 0.2) is 0 Å². The van der Waals surface area contributed by atoms with Crippen molar-refractivity contribution in [3.8, 4) is 0 Å². The Labute approximate surface area is 111 Å². The lowest BCUT2D eigenvalue weighted by Crippen LogP contribution is -2.31. The van der Waals surface area contributed by atoms with E-state index in [1.54, 1.807) is 0 Å². The van der Waals surface area contributed by atoms with Crippen molar-refractivity contribution in [2.24, 2.45) is 5.11 Å². The highest BCUT2D eigenvalue weighted by Crippen LogP contribution is 2.22. The van der Waals surface area contributed by atoms with Gasteiger partial charge >= 0.3 is 5.97 Å². The molecule has 1 rings (SSSR count). The number of aliphatic carboxylic acids is 1. The van der Waals surface area contributed by atoms with E-state index in [0.717, 1.165) is 0 Å². The SMILES string of the molecule is [N-]=[N+]=NCCNC(C(=O)O)c1cc(Br)ccc1F. The molecule has 0 aromatic heterocycles. The molecule has 2 N–H and O–H groups in total. The summed E-state index contributed by atoms with van der Waals surface area (Å²) < 4.78 is 14.1. The molecule has 8 heteroatoms. The van der Waals surface area contributed by atoms with Gasteiger partial charge in [-0.15, -0.1) is 0 Å². The van der Waals surface area contributed by atoms with E-state index in [-0.39, 0.29) is 18.7 Å². The highest BCUT2D eigenvalue weighted by Gasteiger charge is 2.22. The Morgan fingerprint density at radius 1 is 1.67 bits per heavy atom. The lowest BCUT2D eigenvalue weighted by Gasteiger charge is -2.15. The third-order valence-corrected chi connectivity index (χ3v) is 2.63. The number of rotatable bonds is 6. The van der Waals surface area contributed by atoms with Gasteiger partial charge in [0.2, 0.25) is 0 Å². The number of azide groups is 1. The summed E-state index contributed by atoms with van der Waals surface area (Å²) in [5.41, 5.74) is 8.11. The first-order valence-corrected chi connectivity index (χ1v) is 5.77. The number of hydrogen-bond donors (Lipinski definition) is 2. The zero-order valence-electron chi connectivity index (χ0n) is 9.18. The summed E-state index contributed by atoms with van der Waals surface area (Å²) in [4.78, 5) is 13.6. The fraction of sp³-hybridized carbons (Fsp3) is 0.300. The summed E-state index contributed by atoms with van der Waals surface area (Å²) in [6, 6.07) is 2.88. The first-order valence-electron chi connectivity index (χ1n) is 4.98. The van der Waals surface area contributed by atoms with E-state index >= 15 is 0 Å². The summed E-state index contributed by atoms with van der Waals surface area (Å²) in [5.74, 6) is -1.81. The van der Waals surface area contributed by atoms with Crippen LogP contribution in [0.2, 0.25) is 0 Å². The van der Waals surface area contributed by atoms with E-state index in [1.165, 1.54) is 18.2 Å². The molecule has 18 heavy (non-hydrogen) atoms. The van der Waals surface area contributed by atoms with Gasteiger partial charge in [0.25, 0.3) is 0 Å². The molecule has 0 aliphatic heterocycles. The standard InChI is InChI=1S/C10H10BrFN4O2/c11-6-1-2-8(12)7(5-6)9(10(17)18)14-3-4-15-16-13/h1-2,5,9,14H,3-4H2,(H,17,18). The van der Waals surface area contributed by atoms with Gasteiger partial charge in [0, 0.05) is 28.0 Å². The maximum absolute atomic E-state index is 13.5. The lowest BCUT2D eigenvalue weighted by atomic mass is 10.1. The monoisotopic (exact) mass is 316 g/mol. The maximum Gasteiger partial charge on any atom is 0.325 e. The lowest BCUT2D eigenvalue weighted by molar-refractivity contribution is -0.139. The molecule has 0 fully saturated rings. The van der Waals surface area contributed by atoms with Gasteiger partial charge in [-0.3, -0.25) is 4.79 Å². The fourth-order valence-corrected chi connectivity index (χ4v) is 1.75. The van der Waals surface area contributed by atoms with Gasteiger partial charge in [-0.25, -0.2) is 4.39 Å². The summed E-state index contributed by atoms with van der Waals surface area (Å²) in [7, 11) is 0. The molecule has 1 atom stereocenters. The van der Waals surface area contributed by atoms with E-state index in [4.69, 9.17) is 10.6 Å². The van der Waals surface area contributed by atoms with Gasteiger partial charge in [-0.1, -0.05) is 21.0 Å². The van der Waals surface area contributed by atoms with Crippen LogP contribution in [-0.2, 0) is 4.79 Å². The van der Waals surface area contributed by atoms with E-state index < -0.39 is 17.8 Å². The third kappa shape index (κ3) is 3.99. The average Bonchev–Trinajstić information content (AvgIpc) is 2.32. The fourth-order valence-electron chi connectivity index (χ4n) is 1.37. The second-order valence-corrected chi connectivity index (χ2v) is 4.26. The molecule has 1 aromatic rings. The van der Waals surface area contributed by atoms with Crippen molar-refractivity contribution in [2.45, 2.75) is 6.04 Å². The molecular weight excluding hydrogens is 307 g/mol. The van der Waals surface area contributed by atoms with Crippen molar-refractivity contribution in [2.75, 3.05) is 13.1 Å². The quantitative estimate of drug-likeness (QED) is 0.365. The van der Waals surface area contributed by atoms with Gasteiger partial charge in [0.05, 0.1) is 0 Å². The molecule has 0 aliphatic rings. The van der Waals surface area contributed by atoms with Crippen molar-refractivity contribution in [3.05, 3.63) is 44.5 Å². The minimum atomic E-state index is -1.20. The Balaban J connectivity index is 2.87. The van der Waals surface area contributed by atoms with Gasteiger partial charge in [-0.05, 0) is 23.7 Å². The van der Waals surface area contributed by atoms with Crippen LogP contribution < -0.4 is 5.32 Å². The van der Waals surface area contributed by atoms with E-state index in [9.17, 15) is 9.18 Å². The first kappa shape index (κ1) is 14.4. The molecule has 0 bridgehead atoms. The molecule has 1 unspecified atom stereocenters. The topological polar surface area (TPSA) is 98.1 Å². The highest BCUT2D eigenvalue weighted by atomic mass is 79.9. The van der Waals surface area contributed by atoms with Crippen LogP contribution in [-0.4, -0.2) is 24.2 Å².